The molecule has 0 saturated carbocycles. The van der Waals surface area contributed by atoms with Crippen LogP contribution in [-0.2, 0) is 0 Å². The summed E-state index contributed by atoms with van der Waals surface area (Å²) in [5.41, 5.74) is 1.65. The van der Waals surface area contributed by atoms with Gasteiger partial charge in [0, 0.05) is 5.56 Å². The maximum absolute atomic E-state index is 12.4. The first-order valence-electron chi connectivity index (χ1n) is 8.30. The Balaban J connectivity index is 1.97. The molecular weight excluding hydrogens is 302 g/mol. The molecule has 0 aliphatic rings. The number of hydrogen-bond donors (Lipinski definition) is 1. The van der Waals surface area contributed by atoms with Crippen molar-refractivity contribution in [1.82, 2.24) is 5.32 Å². The van der Waals surface area contributed by atoms with Crippen LogP contribution in [0.2, 0.25) is 0 Å². The number of carbonyl (C=O) groups excluding carboxylic acids is 1. The molecule has 24 heavy (non-hydrogen) atoms. The van der Waals surface area contributed by atoms with Gasteiger partial charge in [0.25, 0.3) is 5.91 Å². The van der Waals surface area contributed by atoms with E-state index in [-0.39, 0.29) is 18.1 Å². The molecule has 4 nitrogen and oxygen atoms in total. The lowest BCUT2D eigenvalue weighted by Crippen LogP contribution is -2.26. The Morgan fingerprint density at radius 1 is 0.958 bits per heavy atom. The molecule has 0 bridgehead atoms. The van der Waals surface area contributed by atoms with Crippen molar-refractivity contribution >= 4 is 5.91 Å². The minimum absolute atomic E-state index is 0.0835. The maximum Gasteiger partial charge on any atom is 0.251 e. The van der Waals surface area contributed by atoms with Crippen molar-refractivity contribution in [2.24, 2.45) is 0 Å². The summed E-state index contributed by atoms with van der Waals surface area (Å²) in [6, 6.07) is 14.9. The average molecular weight is 327 g/mol. The van der Waals surface area contributed by atoms with E-state index < -0.39 is 0 Å². The number of hydrogen-bond acceptors (Lipinski definition) is 3. The summed E-state index contributed by atoms with van der Waals surface area (Å²) in [7, 11) is 0. The first-order valence-corrected chi connectivity index (χ1v) is 8.30. The number of benzene rings is 2. The van der Waals surface area contributed by atoms with Gasteiger partial charge in [-0.1, -0.05) is 12.1 Å². The van der Waals surface area contributed by atoms with Gasteiger partial charge in [0.2, 0.25) is 0 Å². The molecular formula is C20H25NO3. The van der Waals surface area contributed by atoms with Crippen LogP contribution in [0.25, 0.3) is 0 Å². The highest BCUT2D eigenvalue weighted by Gasteiger charge is 2.12. The van der Waals surface area contributed by atoms with Crippen LogP contribution < -0.4 is 14.8 Å². The van der Waals surface area contributed by atoms with E-state index in [4.69, 9.17) is 9.47 Å². The van der Waals surface area contributed by atoms with Gasteiger partial charge in [0.05, 0.1) is 18.8 Å². The van der Waals surface area contributed by atoms with E-state index >= 15 is 0 Å². The lowest BCUT2D eigenvalue weighted by molar-refractivity contribution is 0.0940. The minimum atomic E-state index is -0.104. The Kier molecular flexibility index (Phi) is 6.24. The lowest BCUT2D eigenvalue weighted by Gasteiger charge is -2.15. The van der Waals surface area contributed by atoms with E-state index in [2.05, 4.69) is 5.32 Å². The topological polar surface area (TPSA) is 47.6 Å². The molecule has 0 radical (unpaired) electrons. The van der Waals surface area contributed by atoms with Gasteiger partial charge in [-0.05, 0) is 69.7 Å². The first-order chi connectivity index (χ1) is 11.5. The second-order valence-electron chi connectivity index (χ2n) is 5.89. The normalized spacial score (nSPS) is 11.9. The van der Waals surface area contributed by atoms with E-state index in [1.807, 2.05) is 64.1 Å². The fourth-order valence-electron chi connectivity index (χ4n) is 2.34. The quantitative estimate of drug-likeness (QED) is 0.822. The van der Waals surface area contributed by atoms with Crippen LogP contribution in [-0.4, -0.2) is 18.6 Å². The molecule has 128 valence electrons. The predicted molar refractivity (Wildman–Crippen MR) is 95.7 cm³/mol. The zero-order valence-electron chi connectivity index (χ0n) is 14.7. The molecule has 0 spiro atoms. The molecule has 2 rings (SSSR count). The highest BCUT2D eigenvalue weighted by molar-refractivity contribution is 5.94. The van der Waals surface area contributed by atoms with Crippen molar-refractivity contribution in [3.8, 4) is 11.5 Å². The Labute approximate surface area is 143 Å². The third kappa shape index (κ3) is 5.01. The van der Waals surface area contributed by atoms with Crippen molar-refractivity contribution in [3.05, 3.63) is 59.7 Å². The molecule has 4 heteroatoms. The largest absolute Gasteiger partial charge is 0.494 e. The van der Waals surface area contributed by atoms with Crippen molar-refractivity contribution in [2.45, 2.75) is 39.8 Å². The van der Waals surface area contributed by atoms with Gasteiger partial charge >= 0.3 is 0 Å². The minimum Gasteiger partial charge on any atom is -0.494 e. The van der Waals surface area contributed by atoms with Gasteiger partial charge in [-0.25, -0.2) is 0 Å². The van der Waals surface area contributed by atoms with Gasteiger partial charge in [0.15, 0.2) is 0 Å². The highest BCUT2D eigenvalue weighted by atomic mass is 16.5. The maximum atomic E-state index is 12.4. The highest BCUT2D eigenvalue weighted by Crippen LogP contribution is 2.19. The average Bonchev–Trinajstić information content (AvgIpc) is 2.56. The van der Waals surface area contributed by atoms with Crippen LogP contribution in [0, 0.1) is 0 Å². The monoisotopic (exact) mass is 327 g/mol. The smallest absolute Gasteiger partial charge is 0.251 e. The van der Waals surface area contributed by atoms with Gasteiger partial charge in [0.1, 0.15) is 11.5 Å². The van der Waals surface area contributed by atoms with E-state index in [0.717, 1.165) is 17.1 Å². The standard InChI is InChI=1S/C20H25NO3/c1-5-23-18-10-6-16(7-11-18)15(4)21-20(22)17-8-12-19(13-9-17)24-14(2)3/h6-15H,5H2,1-4H3,(H,21,22)/t15-/m0/s1. The van der Waals surface area contributed by atoms with Gasteiger partial charge in [-0.15, -0.1) is 0 Å². The van der Waals surface area contributed by atoms with E-state index in [1.165, 1.54) is 0 Å². The lowest BCUT2D eigenvalue weighted by atomic mass is 10.1. The molecule has 0 aliphatic heterocycles. The second kappa shape index (κ2) is 8.39. The zero-order chi connectivity index (χ0) is 17.5. The molecule has 0 aliphatic carbocycles. The molecule has 1 atom stereocenters. The van der Waals surface area contributed by atoms with Crippen LogP contribution in [0.15, 0.2) is 48.5 Å². The summed E-state index contributed by atoms with van der Waals surface area (Å²) in [5.74, 6) is 1.49. The first kappa shape index (κ1) is 17.9. The van der Waals surface area contributed by atoms with Crippen LogP contribution in [0.1, 0.15) is 49.7 Å². The molecule has 2 aromatic carbocycles. The van der Waals surface area contributed by atoms with E-state index in [0.29, 0.717) is 12.2 Å². The molecule has 0 heterocycles. The Morgan fingerprint density at radius 2 is 1.54 bits per heavy atom. The number of amides is 1. The van der Waals surface area contributed by atoms with Crippen molar-refractivity contribution in [3.63, 3.8) is 0 Å². The second-order valence-corrected chi connectivity index (χ2v) is 5.89. The summed E-state index contributed by atoms with van der Waals surface area (Å²) >= 11 is 0. The molecule has 0 aromatic heterocycles. The summed E-state index contributed by atoms with van der Waals surface area (Å²) < 4.78 is 11.0. The summed E-state index contributed by atoms with van der Waals surface area (Å²) in [6.07, 6.45) is 0.115. The van der Waals surface area contributed by atoms with Crippen LogP contribution in [0.4, 0.5) is 0 Å². The number of nitrogens with one attached hydrogen (secondary N) is 1. The fraction of sp³-hybridized carbons (Fsp3) is 0.350. The Bertz CT molecular complexity index is 648. The van der Waals surface area contributed by atoms with Gasteiger partial charge in [-0.2, -0.15) is 0 Å². The van der Waals surface area contributed by atoms with Crippen molar-refractivity contribution in [2.75, 3.05) is 6.61 Å². The predicted octanol–water partition coefficient (Wildman–Crippen LogP) is 4.36. The van der Waals surface area contributed by atoms with Crippen molar-refractivity contribution in [1.29, 1.82) is 0 Å². The van der Waals surface area contributed by atoms with Crippen molar-refractivity contribution < 1.29 is 14.3 Å². The summed E-state index contributed by atoms with van der Waals surface area (Å²) in [6.45, 7) is 8.50. The zero-order valence-corrected chi connectivity index (χ0v) is 14.7. The Morgan fingerprint density at radius 3 is 2.08 bits per heavy atom. The Hall–Kier alpha value is -2.49. The van der Waals surface area contributed by atoms with Crippen LogP contribution in [0.5, 0.6) is 11.5 Å². The molecule has 0 saturated heterocycles. The third-order valence-electron chi connectivity index (χ3n) is 3.53. The van der Waals surface area contributed by atoms with Crippen LogP contribution in [0.3, 0.4) is 0 Å². The molecule has 0 unspecified atom stereocenters. The van der Waals surface area contributed by atoms with Gasteiger partial charge in [-0.3, -0.25) is 4.79 Å². The fourth-order valence-corrected chi connectivity index (χ4v) is 2.34. The molecule has 2 aromatic rings. The summed E-state index contributed by atoms with van der Waals surface area (Å²) in [5, 5.41) is 3.00. The summed E-state index contributed by atoms with van der Waals surface area (Å²) in [4.78, 5) is 12.4. The molecule has 0 fully saturated rings. The van der Waals surface area contributed by atoms with E-state index in [9.17, 15) is 4.79 Å². The van der Waals surface area contributed by atoms with E-state index in [1.54, 1.807) is 12.1 Å². The number of ether oxygens (including phenoxy) is 2. The number of rotatable bonds is 7. The SMILES string of the molecule is CCOc1ccc([C@H](C)NC(=O)c2ccc(OC(C)C)cc2)cc1. The van der Waals surface area contributed by atoms with Crippen LogP contribution >= 0.6 is 0 Å². The molecule has 1 amide bonds. The molecule has 1 N–H and O–H groups in total. The number of carbonyl (C=O) groups is 1. The third-order valence-corrected chi connectivity index (χ3v) is 3.53. The van der Waals surface area contributed by atoms with Gasteiger partial charge < -0.3 is 14.8 Å².